The summed E-state index contributed by atoms with van der Waals surface area (Å²) < 4.78 is 10.5. The highest BCUT2D eigenvalue weighted by molar-refractivity contribution is 5.42. The Kier molecular flexibility index (Phi) is 4.34. The molecule has 4 nitrogen and oxygen atoms in total. The number of benzene rings is 1. The summed E-state index contributed by atoms with van der Waals surface area (Å²) in [7, 11) is 3.31. The lowest BCUT2D eigenvalue weighted by molar-refractivity contribution is 0.354. The predicted octanol–water partition coefficient (Wildman–Crippen LogP) is 1.67. The number of nitrogens with one attached hydrogen (secondary N) is 2. The summed E-state index contributed by atoms with van der Waals surface area (Å²) >= 11 is 0. The molecule has 0 amide bonds. The lowest BCUT2D eigenvalue weighted by atomic mass is 10.1. The summed E-state index contributed by atoms with van der Waals surface area (Å²) in [6.07, 6.45) is 4.11. The van der Waals surface area contributed by atoms with E-state index in [1.165, 1.54) is 11.3 Å². The molecule has 1 aliphatic heterocycles. The fourth-order valence-corrected chi connectivity index (χ4v) is 2.02. The summed E-state index contributed by atoms with van der Waals surface area (Å²) in [6.45, 7) is 1.97. The highest BCUT2D eigenvalue weighted by Crippen LogP contribution is 2.27. The zero-order valence-corrected chi connectivity index (χ0v) is 11.0. The van der Waals surface area contributed by atoms with Gasteiger partial charge in [0.05, 0.1) is 14.2 Å². The van der Waals surface area contributed by atoms with Crippen molar-refractivity contribution in [1.82, 2.24) is 10.6 Å². The van der Waals surface area contributed by atoms with Crippen LogP contribution in [0.5, 0.6) is 11.5 Å². The molecule has 0 fully saturated rings. The molecule has 0 saturated carbocycles. The van der Waals surface area contributed by atoms with Gasteiger partial charge in [0.1, 0.15) is 0 Å². The maximum atomic E-state index is 5.29. The van der Waals surface area contributed by atoms with E-state index in [1.807, 2.05) is 12.1 Å². The third-order valence-corrected chi connectivity index (χ3v) is 3.03. The number of rotatable bonds is 6. The quantitative estimate of drug-likeness (QED) is 0.803. The van der Waals surface area contributed by atoms with Crippen LogP contribution in [0, 0.1) is 0 Å². The lowest BCUT2D eigenvalue weighted by Crippen LogP contribution is -2.15. The summed E-state index contributed by atoms with van der Waals surface area (Å²) in [5.74, 6) is 1.56. The van der Waals surface area contributed by atoms with E-state index in [2.05, 4.69) is 22.9 Å². The van der Waals surface area contributed by atoms with Crippen LogP contribution in [0.4, 0.5) is 0 Å². The van der Waals surface area contributed by atoms with Gasteiger partial charge in [-0.15, -0.1) is 0 Å². The molecule has 0 bridgehead atoms. The van der Waals surface area contributed by atoms with Crippen molar-refractivity contribution in [3.8, 4) is 11.5 Å². The van der Waals surface area contributed by atoms with Crippen molar-refractivity contribution in [2.24, 2.45) is 0 Å². The first-order valence-corrected chi connectivity index (χ1v) is 6.20. The monoisotopic (exact) mass is 248 g/mol. The van der Waals surface area contributed by atoms with Crippen LogP contribution in [0.2, 0.25) is 0 Å². The fraction of sp³-hybridized carbons (Fsp3) is 0.429. The second-order valence-electron chi connectivity index (χ2n) is 4.24. The van der Waals surface area contributed by atoms with Crippen molar-refractivity contribution in [2.45, 2.75) is 12.8 Å². The Bertz CT molecular complexity index is 430. The minimum atomic E-state index is 0.775. The molecule has 1 aromatic carbocycles. The van der Waals surface area contributed by atoms with Crippen LogP contribution < -0.4 is 20.1 Å². The van der Waals surface area contributed by atoms with Gasteiger partial charge in [-0.2, -0.15) is 0 Å². The fourth-order valence-electron chi connectivity index (χ4n) is 2.02. The van der Waals surface area contributed by atoms with Gasteiger partial charge >= 0.3 is 0 Å². The largest absolute Gasteiger partial charge is 0.493 e. The Hall–Kier alpha value is -1.84. The molecule has 0 saturated heterocycles. The van der Waals surface area contributed by atoms with Crippen LogP contribution in [0.15, 0.2) is 30.1 Å². The van der Waals surface area contributed by atoms with E-state index in [1.54, 1.807) is 14.2 Å². The molecule has 0 unspecified atom stereocenters. The molecule has 0 atom stereocenters. The van der Waals surface area contributed by atoms with Gasteiger partial charge in [0, 0.05) is 31.4 Å². The van der Waals surface area contributed by atoms with Crippen LogP contribution in [0.25, 0.3) is 0 Å². The van der Waals surface area contributed by atoms with Crippen LogP contribution in [0.3, 0.4) is 0 Å². The summed E-state index contributed by atoms with van der Waals surface area (Å²) in [6, 6.07) is 6.05. The lowest BCUT2D eigenvalue weighted by Gasteiger charge is -2.10. The van der Waals surface area contributed by atoms with Crippen LogP contribution in [-0.4, -0.2) is 27.3 Å². The molecular formula is C14H20N2O2. The Morgan fingerprint density at radius 3 is 2.72 bits per heavy atom. The molecule has 18 heavy (non-hydrogen) atoms. The first-order chi connectivity index (χ1) is 8.83. The molecule has 98 valence electrons. The standard InChI is InChI=1S/C14H20N2O2/c1-17-13-4-3-11(9-14(13)18-2)5-8-16-12-6-7-15-10-12/h3-4,9-10,15-16H,5-8H2,1-2H3. The maximum Gasteiger partial charge on any atom is 0.160 e. The zero-order chi connectivity index (χ0) is 12.8. The molecule has 4 heteroatoms. The van der Waals surface area contributed by atoms with Crippen LogP contribution >= 0.6 is 0 Å². The predicted molar refractivity (Wildman–Crippen MR) is 72.0 cm³/mol. The molecule has 0 radical (unpaired) electrons. The van der Waals surface area contributed by atoms with Crippen LogP contribution in [0.1, 0.15) is 12.0 Å². The first-order valence-electron chi connectivity index (χ1n) is 6.20. The highest BCUT2D eigenvalue weighted by atomic mass is 16.5. The van der Waals surface area contributed by atoms with E-state index < -0.39 is 0 Å². The topological polar surface area (TPSA) is 42.5 Å². The SMILES string of the molecule is COc1ccc(CCNC2=CNCC2)cc1OC. The van der Waals surface area contributed by atoms with E-state index in [0.717, 1.165) is 37.4 Å². The number of methoxy groups -OCH3 is 2. The van der Waals surface area contributed by atoms with Gasteiger partial charge in [0.25, 0.3) is 0 Å². The number of hydrogen-bond acceptors (Lipinski definition) is 4. The minimum Gasteiger partial charge on any atom is -0.493 e. The van der Waals surface area contributed by atoms with Gasteiger partial charge < -0.3 is 20.1 Å². The molecule has 0 aliphatic carbocycles. The van der Waals surface area contributed by atoms with Crippen molar-refractivity contribution in [2.75, 3.05) is 27.3 Å². The van der Waals surface area contributed by atoms with Crippen molar-refractivity contribution in [3.05, 3.63) is 35.7 Å². The summed E-state index contributed by atoms with van der Waals surface area (Å²) in [5.41, 5.74) is 2.53. The van der Waals surface area contributed by atoms with Crippen molar-refractivity contribution < 1.29 is 9.47 Å². The second kappa shape index (κ2) is 6.19. The van der Waals surface area contributed by atoms with Gasteiger partial charge in [-0.05, 0) is 24.1 Å². The van der Waals surface area contributed by atoms with Crippen molar-refractivity contribution >= 4 is 0 Å². The van der Waals surface area contributed by atoms with Crippen molar-refractivity contribution in [3.63, 3.8) is 0 Å². The van der Waals surface area contributed by atoms with Gasteiger partial charge in [-0.25, -0.2) is 0 Å². The van der Waals surface area contributed by atoms with Gasteiger partial charge in [-0.3, -0.25) is 0 Å². The Balaban J connectivity index is 1.88. The van der Waals surface area contributed by atoms with Gasteiger partial charge in [-0.1, -0.05) is 6.07 Å². The minimum absolute atomic E-state index is 0.775. The van der Waals surface area contributed by atoms with E-state index in [4.69, 9.17) is 9.47 Å². The third kappa shape index (κ3) is 3.09. The van der Waals surface area contributed by atoms with E-state index in [-0.39, 0.29) is 0 Å². The summed E-state index contributed by atoms with van der Waals surface area (Å²) in [5, 5.41) is 6.62. The molecular weight excluding hydrogens is 228 g/mol. The average molecular weight is 248 g/mol. The molecule has 1 aromatic rings. The maximum absolute atomic E-state index is 5.29. The van der Waals surface area contributed by atoms with Crippen LogP contribution in [-0.2, 0) is 6.42 Å². The second-order valence-corrected chi connectivity index (χ2v) is 4.24. The number of ether oxygens (including phenoxy) is 2. The van der Waals surface area contributed by atoms with Crippen molar-refractivity contribution in [1.29, 1.82) is 0 Å². The Morgan fingerprint density at radius 1 is 1.22 bits per heavy atom. The molecule has 0 aromatic heterocycles. The normalized spacial score (nSPS) is 13.8. The molecule has 0 spiro atoms. The highest BCUT2D eigenvalue weighted by Gasteiger charge is 2.05. The third-order valence-electron chi connectivity index (χ3n) is 3.03. The zero-order valence-electron chi connectivity index (χ0n) is 11.0. The summed E-state index contributed by atoms with van der Waals surface area (Å²) in [4.78, 5) is 0. The smallest absolute Gasteiger partial charge is 0.160 e. The molecule has 2 rings (SSSR count). The van der Waals surface area contributed by atoms with E-state index in [0.29, 0.717) is 0 Å². The first kappa shape index (κ1) is 12.6. The Morgan fingerprint density at radius 2 is 2.06 bits per heavy atom. The van der Waals surface area contributed by atoms with E-state index >= 15 is 0 Å². The number of hydrogen-bond donors (Lipinski definition) is 2. The van der Waals surface area contributed by atoms with Gasteiger partial charge in [0.2, 0.25) is 0 Å². The molecule has 1 heterocycles. The molecule has 1 aliphatic rings. The van der Waals surface area contributed by atoms with Gasteiger partial charge in [0.15, 0.2) is 11.5 Å². The average Bonchev–Trinajstić information content (AvgIpc) is 2.91. The molecule has 2 N–H and O–H groups in total. The Labute approximate surface area is 108 Å². The van der Waals surface area contributed by atoms with E-state index in [9.17, 15) is 0 Å².